The molecule has 0 saturated heterocycles. The minimum atomic E-state index is -0.417. The van der Waals surface area contributed by atoms with Gasteiger partial charge in [-0.3, -0.25) is 9.59 Å². The monoisotopic (exact) mass is 392 g/mol. The number of hydrogen-bond donors (Lipinski definition) is 2. The molecule has 0 aromatic heterocycles. The highest BCUT2D eigenvalue weighted by Crippen LogP contribution is 2.32. The third-order valence-corrected chi connectivity index (χ3v) is 4.29. The van der Waals surface area contributed by atoms with Gasteiger partial charge in [-0.2, -0.15) is 0 Å². The Morgan fingerprint density at radius 3 is 2.14 bits per heavy atom. The fourth-order valence-corrected chi connectivity index (χ4v) is 2.87. The third kappa shape index (κ3) is 4.35. The second-order valence-electron chi connectivity index (χ2n) is 6.35. The Morgan fingerprint density at radius 1 is 0.724 bits per heavy atom. The Labute approximate surface area is 166 Å². The summed E-state index contributed by atoms with van der Waals surface area (Å²) in [5.41, 5.74) is 1.71. The summed E-state index contributed by atoms with van der Waals surface area (Å²) in [4.78, 5) is 24.9. The molecular weight excluding hydrogens is 375 g/mol. The van der Waals surface area contributed by atoms with E-state index in [0.29, 0.717) is 47.2 Å². The number of nitrogens with one attached hydrogen (secondary N) is 2. The average molecular weight is 392 g/mol. The van der Waals surface area contributed by atoms with Crippen molar-refractivity contribution in [3.63, 3.8) is 0 Å². The smallest absolute Gasteiger partial charge is 0.255 e. The zero-order valence-corrected chi connectivity index (χ0v) is 15.3. The van der Waals surface area contributed by atoms with Crippen LogP contribution in [0.5, 0.6) is 11.5 Å². The Bertz CT molecular complexity index is 1070. The largest absolute Gasteiger partial charge is 0.486 e. The molecule has 0 radical (unpaired) electrons. The first kappa shape index (κ1) is 18.5. The van der Waals surface area contributed by atoms with Gasteiger partial charge >= 0.3 is 0 Å². The Kier molecular flexibility index (Phi) is 5.11. The van der Waals surface area contributed by atoms with Crippen LogP contribution >= 0.6 is 0 Å². The number of carbonyl (C=O) groups excluding carboxylic acids is 2. The first-order valence-electron chi connectivity index (χ1n) is 8.96. The average Bonchev–Trinajstić information content (AvgIpc) is 2.74. The standard InChI is InChI=1S/C22H17FN2O4/c23-16-6-4-14(5-7-16)21(26)24-17-3-1-2-15(12-17)22(27)25-18-8-9-19-20(13-18)29-11-10-28-19/h1-9,12-13H,10-11H2,(H,24,26)(H,25,27). The zero-order chi connectivity index (χ0) is 20.2. The SMILES string of the molecule is O=C(Nc1cccc(C(=O)Nc2ccc3c(c2)OCCO3)c1)c1ccc(F)cc1. The summed E-state index contributed by atoms with van der Waals surface area (Å²) in [6.07, 6.45) is 0. The van der Waals surface area contributed by atoms with Gasteiger partial charge in [0, 0.05) is 28.6 Å². The summed E-state index contributed by atoms with van der Waals surface area (Å²) < 4.78 is 24.0. The van der Waals surface area contributed by atoms with Crippen molar-refractivity contribution in [2.45, 2.75) is 0 Å². The molecule has 1 heterocycles. The van der Waals surface area contributed by atoms with E-state index in [1.165, 1.54) is 24.3 Å². The number of amides is 2. The number of hydrogen-bond acceptors (Lipinski definition) is 4. The van der Waals surface area contributed by atoms with Crippen LogP contribution in [0.4, 0.5) is 15.8 Å². The van der Waals surface area contributed by atoms with Crippen LogP contribution in [0.1, 0.15) is 20.7 Å². The molecule has 146 valence electrons. The van der Waals surface area contributed by atoms with Crippen LogP contribution in [0, 0.1) is 5.82 Å². The fraction of sp³-hybridized carbons (Fsp3) is 0.0909. The summed E-state index contributed by atoms with van der Waals surface area (Å²) in [6, 6.07) is 16.9. The van der Waals surface area contributed by atoms with Crippen LogP contribution in [-0.2, 0) is 0 Å². The highest BCUT2D eigenvalue weighted by Gasteiger charge is 2.14. The Morgan fingerprint density at radius 2 is 1.38 bits per heavy atom. The van der Waals surface area contributed by atoms with Gasteiger partial charge in [-0.05, 0) is 54.6 Å². The molecule has 2 amide bonds. The maximum absolute atomic E-state index is 13.0. The van der Waals surface area contributed by atoms with Crippen LogP contribution < -0.4 is 20.1 Å². The van der Waals surface area contributed by atoms with Gasteiger partial charge in [0.1, 0.15) is 19.0 Å². The number of halogens is 1. The quantitative estimate of drug-likeness (QED) is 0.701. The van der Waals surface area contributed by atoms with E-state index in [9.17, 15) is 14.0 Å². The molecule has 0 unspecified atom stereocenters. The summed E-state index contributed by atoms with van der Waals surface area (Å²) in [5.74, 6) is 0.0717. The summed E-state index contributed by atoms with van der Waals surface area (Å²) >= 11 is 0. The van der Waals surface area contributed by atoms with Gasteiger partial charge in [0.05, 0.1) is 0 Å². The van der Waals surface area contributed by atoms with Gasteiger partial charge in [0.25, 0.3) is 11.8 Å². The van der Waals surface area contributed by atoms with E-state index in [1.54, 1.807) is 42.5 Å². The molecule has 3 aromatic carbocycles. The summed E-state index contributed by atoms with van der Waals surface area (Å²) in [5, 5.41) is 5.50. The topological polar surface area (TPSA) is 76.7 Å². The van der Waals surface area contributed by atoms with Crippen LogP contribution in [0.3, 0.4) is 0 Å². The lowest BCUT2D eigenvalue weighted by atomic mass is 10.1. The molecule has 1 aliphatic heterocycles. The zero-order valence-electron chi connectivity index (χ0n) is 15.3. The lowest BCUT2D eigenvalue weighted by Crippen LogP contribution is -2.17. The third-order valence-electron chi connectivity index (χ3n) is 4.29. The molecule has 0 aliphatic carbocycles. The van der Waals surface area contributed by atoms with E-state index in [2.05, 4.69) is 10.6 Å². The van der Waals surface area contributed by atoms with Crippen molar-refractivity contribution in [3.05, 3.63) is 83.7 Å². The molecule has 0 fully saturated rings. The van der Waals surface area contributed by atoms with Gasteiger partial charge in [-0.25, -0.2) is 4.39 Å². The van der Waals surface area contributed by atoms with E-state index in [4.69, 9.17) is 9.47 Å². The predicted molar refractivity (Wildman–Crippen MR) is 106 cm³/mol. The highest BCUT2D eigenvalue weighted by atomic mass is 19.1. The maximum Gasteiger partial charge on any atom is 0.255 e. The number of ether oxygens (including phenoxy) is 2. The fourth-order valence-electron chi connectivity index (χ4n) is 2.87. The van der Waals surface area contributed by atoms with E-state index in [-0.39, 0.29) is 5.91 Å². The van der Waals surface area contributed by atoms with Crippen molar-refractivity contribution in [2.24, 2.45) is 0 Å². The van der Waals surface area contributed by atoms with Crippen molar-refractivity contribution in [1.29, 1.82) is 0 Å². The van der Waals surface area contributed by atoms with Gasteiger partial charge < -0.3 is 20.1 Å². The van der Waals surface area contributed by atoms with Crippen molar-refractivity contribution in [1.82, 2.24) is 0 Å². The lowest BCUT2D eigenvalue weighted by Gasteiger charge is -2.19. The molecule has 3 aromatic rings. The number of benzene rings is 3. The molecule has 0 saturated carbocycles. The highest BCUT2D eigenvalue weighted by molar-refractivity contribution is 6.07. The number of carbonyl (C=O) groups is 2. The molecular formula is C22H17FN2O4. The molecule has 6 nitrogen and oxygen atoms in total. The Balaban J connectivity index is 1.46. The van der Waals surface area contributed by atoms with Crippen molar-refractivity contribution >= 4 is 23.2 Å². The van der Waals surface area contributed by atoms with Crippen molar-refractivity contribution in [2.75, 3.05) is 23.8 Å². The molecule has 1 aliphatic rings. The minimum absolute atomic E-state index is 0.317. The maximum atomic E-state index is 13.0. The molecule has 0 atom stereocenters. The van der Waals surface area contributed by atoms with Crippen molar-refractivity contribution < 1.29 is 23.5 Å². The number of fused-ring (bicyclic) bond motifs is 1. The first-order chi connectivity index (χ1) is 14.1. The van der Waals surface area contributed by atoms with Gasteiger partial charge in [0.15, 0.2) is 11.5 Å². The molecule has 7 heteroatoms. The summed E-state index contributed by atoms with van der Waals surface area (Å²) in [7, 11) is 0. The molecule has 0 bridgehead atoms. The van der Waals surface area contributed by atoms with Crippen LogP contribution in [0.15, 0.2) is 66.7 Å². The lowest BCUT2D eigenvalue weighted by molar-refractivity contribution is 0.101. The van der Waals surface area contributed by atoms with Gasteiger partial charge in [0.2, 0.25) is 0 Å². The van der Waals surface area contributed by atoms with E-state index in [1.807, 2.05) is 0 Å². The first-order valence-corrected chi connectivity index (χ1v) is 8.96. The number of anilines is 2. The predicted octanol–water partition coefficient (Wildman–Crippen LogP) is 4.10. The van der Waals surface area contributed by atoms with E-state index < -0.39 is 11.7 Å². The van der Waals surface area contributed by atoms with Crippen molar-refractivity contribution in [3.8, 4) is 11.5 Å². The van der Waals surface area contributed by atoms with Crippen LogP contribution in [0.25, 0.3) is 0 Å². The normalized spacial score (nSPS) is 12.2. The molecule has 0 spiro atoms. The van der Waals surface area contributed by atoms with Crippen LogP contribution in [-0.4, -0.2) is 25.0 Å². The molecule has 2 N–H and O–H groups in total. The van der Waals surface area contributed by atoms with E-state index >= 15 is 0 Å². The Hall–Kier alpha value is -3.87. The van der Waals surface area contributed by atoms with E-state index in [0.717, 1.165) is 0 Å². The second-order valence-corrected chi connectivity index (χ2v) is 6.35. The molecule has 29 heavy (non-hydrogen) atoms. The second kappa shape index (κ2) is 8.02. The van der Waals surface area contributed by atoms with Crippen LogP contribution in [0.2, 0.25) is 0 Å². The summed E-state index contributed by atoms with van der Waals surface area (Å²) in [6.45, 7) is 0.954. The van der Waals surface area contributed by atoms with Gasteiger partial charge in [-0.1, -0.05) is 6.07 Å². The molecule has 4 rings (SSSR count). The minimum Gasteiger partial charge on any atom is -0.486 e. The number of rotatable bonds is 4. The van der Waals surface area contributed by atoms with Gasteiger partial charge in [-0.15, -0.1) is 0 Å².